The third-order valence-corrected chi connectivity index (χ3v) is 2.10. The summed E-state index contributed by atoms with van der Waals surface area (Å²) in [6, 6.07) is 0. The molecule has 0 atom stereocenters. The lowest BCUT2D eigenvalue weighted by Crippen LogP contribution is -2.50. The lowest BCUT2D eigenvalue weighted by atomic mass is 9.74. The van der Waals surface area contributed by atoms with E-state index in [1.807, 2.05) is 0 Å². The number of nitrogens with zero attached hydrogens (tertiary/aromatic N) is 2. The Balaban J connectivity index is 2.18. The number of hydrogen-bond acceptors (Lipinski definition) is 3. The maximum atomic E-state index is 12.5. The second kappa shape index (κ2) is 2.01. The van der Waals surface area contributed by atoms with Crippen LogP contribution >= 0.6 is 0 Å². The number of nitrogens with two attached hydrogens (primary N) is 1. The van der Waals surface area contributed by atoms with Gasteiger partial charge in [-0.05, 0) is 0 Å². The molecule has 2 rings (SSSR count). The molecule has 0 aliphatic heterocycles. The smallest absolute Gasteiger partial charge is 0.104 e. The average molecular weight is 156 g/mol. The molecule has 0 unspecified atom stereocenters. The fourth-order valence-corrected chi connectivity index (χ4v) is 1.38. The van der Waals surface area contributed by atoms with Crippen molar-refractivity contribution in [1.29, 1.82) is 0 Å². The minimum Gasteiger partial charge on any atom is -0.320 e. The Labute approximate surface area is 63.0 Å². The highest BCUT2D eigenvalue weighted by molar-refractivity contribution is 5.15. The van der Waals surface area contributed by atoms with E-state index in [1.54, 1.807) is 6.20 Å². The lowest BCUT2D eigenvalue weighted by Gasteiger charge is -2.38. The molecule has 0 radical (unpaired) electrons. The molecule has 0 bridgehead atoms. The molecule has 3 N–H and O–H groups in total. The van der Waals surface area contributed by atoms with Crippen LogP contribution in [0.25, 0.3) is 0 Å². The topological polar surface area (TPSA) is 67.6 Å². The number of aromatic amines is 1. The van der Waals surface area contributed by atoms with Gasteiger partial charge in [-0.2, -0.15) is 0 Å². The third-order valence-electron chi connectivity index (χ3n) is 2.10. The summed E-state index contributed by atoms with van der Waals surface area (Å²) in [6.07, 6.45) is 1.57. The third kappa shape index (κ3) is 0.920. The standard InChI is InChI=1S/C6H9FN4/c7-4-1-6(8,2-4)5-3-9-11-10-5/h3-4H,1-2,8H2,(H,9,10,11). The van der Waals surface area contributed by atoms with Gasteiger partial charge in [0.25, 0.3) is 0 Å². The fraction of sp³-hybridized carbons (Fsp3) is 0.667. The van der Waals surface area contributed by atoms with Crippen molar-refractivity contribution in [3.63, 3.8) is 0 Å². The summed E-state index contributed by atoms with van der Waals surface area (Å²) in [5.74, 6) is 0. The summed E-state index contributed by atoms with van der Waals surface area (Å²) in [7, 11) is 0. The van der Waals surface area contributed by atoms with Crippen LogP contribution in [0.2, 0.25) is 0 Å². The summed E-state index contributed by atoms with van der Waals surface area (Å²) in [5, 5.41) is 9.82. The van der Waals surface area contributed by atoms with Gasteiger partial charge in [-0.25, -0.2) is 4.39 Å². The summed E-state index contributed by atoms with van der Waals surface area (Å²) in [4.78, 5) is 0. The van der Waals surface area contributed by atoms with Crippen molar-refractivity contribution in [3.8, 4) is 0 Å². The molecule has 4 nitrogen and oxygen atoms in total. The number of rotatable bonds is 1. The Morgan fingerprint density at radius 1 is 1.73 bits per heavy atom. The highest BCUT2D eigenvalue weighted by Crippen LogP contribution is 2.39. The first-order valence-corrected chi connectivity index (χ1v) is 3.51. The molecular formula is C6H9FN4. The maximum absolute atomic E-state index is 12.5. The first-order chi connectivity index (χ1) is 5.21. The van der Waals surface area contributed by atoms with Crippen LogP contribution in [0.4, 0.5) is 4.39 Å². The van der Waals surface area contributed by atoms with E-state index in [9.17, 15) is 4.39 Å². The van der Waals surface area contributed by atoms with E-state index < -0.39 is 11.7 Å². The molecule has 1 aliphatic carbocycles. The molecule has 1 heterocycles. The zero-order chi connectivity index (χ0) is 7.90. The van der Waals surface area contributed by atoms with Crippen LogP contribution in [0.15, 0.2) is 6.20 Å². The van der Waals surface area contributed by atoms with E-state index in [1.165, 1.54) is 0 Å². The molecule has 5 heteroatoms. The number of nitrogens with one attached hydrogen (secondary N) is 1. The van der Waals surface area contributed by atoms with E-state index >= 15 is 0 Å². The van der Waals surface area contributed by atoms with Crippen LogP contribution in [-0.2, 0) is 5.54 Å². The SMILES string of the molecule is NC1(c2c[nH]nn2)CC(F)C1. The van der Waals surface area contributed by atoms with Crippen LogP contribution < -0.4 is 5.73 Å². The van der Waals surface area contributed by atoms with Crippen molar-refractivity contribution in [1.82, 2.24) is 15.4 Å². The van der Waals surface area contributed by atoms with Gasteiger partial charge in [-0.1, -0.05) is 5.21 Å². The summed E-state index contributed by atoms with van der Waals surface area (Å²) >= 11 is 0. The number of halogens is 1. The van der Waals surface area contributed by atoms with Crippen molar-refractivity contribution in [2.24, 2.45) is 5.73 Å². The van der Waals surface area contributed by atoms with Gasteiger partial charge in [0.15, 0.2) is 0 Å². The van der Waals surface area contributed by atoms with Crippen molar-refractivity contribution < 1.29 is 4.39 Å². The molecule has 60 valence electrons. The van der Waals surface area contributed by atoms with E-state index in [4.69, 9.17) is 5.73 Å². The van der Waals surface area contributed by atoms with Gasteiger partial charge in [0.05, 0.1) is 5.54 Å². The van der Waals surface area contributed by atoms with Gasteiger partial charge in [-0.15, -0.1) is 5.10 Å². The molecule has 1 aromatic heterocycles. The highest BCUT2D eigenvalue weighted by atomic mass is 19.1. The van der Waals surface area contributed by atoms with Crippen LogP contribution in [-0.4, -0.2) is 21.6 Å². The summed E-state index contributed by atoms with van der Waals surface area (Å²) in [5.41, 5.74) is 5.89. The predicted molar refractivity (Wildman–Crippen MR) is 36.4 cm³/mol. The van der Waals surface area contributed by atoms with Crippen molar-refractivity contribution in [2.75, 3.05) is 0 Å². The normalized spacial score (nSPS) is 36.7. The molecule has 1 aromatic rings. The van der Waals surface area contributed by atoms with E-state index in [0.717, 1.165) is 0 Å². The van der Waals surface area contributed by atoms with Gasteiger partial charge in [0.2, 0.25) is 0 Å². The molecule has 0 aromatic carbocycles. The predicted octanol–water partition coefficient (Wildman–Crippen LogP) is 0.0906. The number of alkyl halides is 1. The molecule has 0 amide bonds. The second-order valence-electron chi connectivity index (χ2n) is 3.02. The average Bonchev–Trinajstić information content (AvgIpc) is 2.34. The zero-order valence-corrected chi connectivity index (χ0v) is 5.92. The van der Waals surface area contributed by atoms with Crippen molar-refractivity contribution in [3.05, 3.63) is 11.9 Å². The minimum absolute atomic E-state index is 0.361. The number of aromatic nitrogens is 3. The Bertz CT molecular complexity index is 239. The van der Waals surface area contributed by atoms with Crippen LogP contribution in [0, 0.1) is 0 Å². The Morgan fingerprint density at radius 2 is 2.45 bits per heavy atom. The molecule has 0 saturated heterocycles. The van der Waals surface area contributed by atoms with E-state index in [0.29, 0.717) is 18.5 Å². The Kier molecular flexibility index (Phi) is 1.23. The molecule has 1 fully saturated rings. The summed E-state index contributed by atoms with van der Waals surface area (Å²) < 4.78 is 12.5. The first-order valence-electron chi connectivity index (χ1n) is 3.51. The lowest BCUT2D eigenvalue weighted by molar-refractivity contribution is 0.0951. The van der Waals surface area contributed by atoms with Crippen LogP contribution in [0.5, 0.6) is 0 Å². The van der Waals surface area contributed by atoms with Crippen molar-refractivity contribution >= 4 is 0 Å². The maximum Gasteiger partial charge on any atom is 0.104 e. The monoisotopic (exact) mass is 156 g/mol. The van der Waals surface area contributed by atoms with Gasteiger partial charge < -0.3 is 5.73 Å². The highest BCUT2D eigenvalue weighted by Gasteiger charge is 2.44. The van der Waals surface area contributed by atoms with E-state index in [2.05, 4.69) is 15.4 Å². The number of H-pyrrole nitrogens is 1. The first kappa shape index (κ1) is 6.72. The molecule has 11 heavy (non-hydrogen) atoms. The van der Waals surface area contributed by atoms with E-state index in [-0.39, 0.29) is 0 Å². The fourth-order valence-electron chi connectivity index (χ4n) is 1.38. The van der Waals surface area contributed by atoms with Crippen molar-refractivity contribution in [2.45, 2.75) is 24.6 Å². The number of hydrogen-bond donors (Lipinski definition) is 2. The van der Waals surface area contributed by atoms with Gasteiger partial charge in [-0.3, -0.25) is 5.10 Å². The van der Waals surface area contributed by atoms with Gasteiger partial charge >= 0.3 is 0 Å². The molecule has 1 saturated carbocycles. The molecule has 1 aliphatic rings. The largest absolute Gasteiger partial charge is 0.320 e. The van der Waals surface area contributed by atoms with Crippen LogP contribution in [0.3, 0.4) is 0 Å². The Hall–Kier alpha value is -0.970. The Morgan fingerprint density at radius 3 is 2.91 bits per heavy atom. The van der Waals surface area contributed by atoms with Crippen LogP contribution in [0.1, 0.15) is 18.5 Å². The van der Waals surface area contributed by atoms with Gasteiger partial charge in [0, 0.05) is 19.0 Å². The molecular weight excluding hydrogens is 147 g/mol. The molecule has 0 spiro atoms. The minimum atomic E-state index is -0.767. The van der Waals surface area contributed by atoms with Gasteiger partial charge in [0.1, 0.15) is 11.9 Å². The zero-order valence-electron chi connectivity index (χ0n) is 5.92. The summed E-state index contributed by atoms with van der Waals surface area (Å²) in [6.45, 7) is 0. The quantitative estimate of drug-likeness (QED) is 0.605. The second-order valence-corrected chi connectivity index (χ2v) is 3.02.